The van der Waals surface area contributed by atoms with E-state index in [1.165, 1.54) is 10.7 Å². The molecule has 1 aromatic heterocycles. The van der Waals surface area contributed by atoms with Crippen molar-refractivity contribution in [2.24, 2.45) is 0 Å². The Morgan fingerprint density at radius 1 is 1.41 bits per heavy atom. The van der Waals surface area contributed by atoms with Crippen molar-refractivity contribution in [3.63, 3.8) is 0 Å². The zero-order valence-corrected chi connectivity index (χ0v) is 9.76. The summed E-state index contributed by atoms with van der Waals surface area (Å²) in [5.74, 6) is 0.252. The highest BCUT2D eigenvalue weighted by atomic mass is 19.1. The van der Waals surface area contributed by atoms with E-state index < -0.39 is 0 Å². The number of tetrazole rings is 1. The minimum absolute atomic E-state index is 0.0328. The van der Waals surface area contributed by atoms with Gasteiger partial charge in [0.2, 0.25) is 0 Å². The van der Waals surface area contributed by atoms with Crippen LogP contribution in [-0.4, -0.2) is 26.8 Å². The third kappa shape index (κ3) is 2.31. The van der Waals surface area contributed by atoms with E-state index in [2.05, 4.69) is 20.8 Å². The normalized spacial score (nSPS) is 12.6. The molecule has 0 aliphatic carbocycles. The van der Waals surface area contributed by atoms with Crippen LogP contribution in [0.15, 0.2) is 24.3 Å². The van der Waals surface area contributed by atoms with Crippen molar-refractivity contribution in [3.05, 3.63) is 35.9 Å². The van der Waals surface area contributed by atoms with Crippen molar-refractivity contribution in [1.82, 2.24) is 25.5 Å². The molecule has 1 atom stereocenters. The molecular formula is C11H14FN5. The lowest BCUT2D eigenvalue weighted by Crippen LogP contribution is -2.21. The van der Waals surface area contributed by atoms with Crippen molar-refractivity contribution in [2.45, 2.75) is 19.9 Å². The molecule has 2 aromatic rings. The Hall–Kier alpha value is -1.82. The lowest BCUT2D eigenvalue weighted by molar-refractivity contribution is 0.540. The number of rotatable bonds is 4. The highest BCUT2D eigenvalue weighted by Crippen LogP contribution is 2.16. The van der Waals surface area contributed by atoms with Gasteiger partial charge in [-0.3, -0.25) is 0 Å². The van der Waals surface area contributed by atoms with Gasteiger partial charge in [-0.15, -0.1) is 5.10 Å². The maximum atomic E-state index is 13.6. The maximum absolute atomic E-state index is 13.6. The molecule has 0 aliphatic heterocycles. The van der Waals surface area contributed by atoms with Crippen molar-refractivity contribution in [2.75, 3.05) is 6.54 Å². The largest absolute Gasteiger partial charge is 0.308 e. The van der Waals surface area contributed by atoms with Gasteiger partial charge < -0.3 is 5.32 Å². The Bertz CT molecular complexity index is 496. The fourth-order valence-electron chi connectivity index (χ4n) is 1.66. The number of hydrogen-bond acceptors (Lipinski definition) is 4. The van der Waals surface area contributed by atoms with Crippen LogP contribution in [0.3, 0.4) is 0 Å². The molecule has 1 unspecified atom stereocenters. The molecule has 0 spiro atoms. The van der Waals surface area contributed by atoms with Crippen LogP contribution in [0, 0.1) is 5.82 Å². The van der Waals surface area contributed by atoms with Gasteiger partial charge in [0, 0.05) is 0 Å². The predicted molar refractivity (Wildman–Crippen MR) is 61.2 cm³/mol. The van der Waals surface area contributed by atoms with Gasteiger partial charge in [0.05, 0.1) is 6.04 Å². The Morgan fingerprint density at radius 2 is 2.18 bits per heavy atom. The summed E-state index contributed by atoms with van der Waals surface area (Å²) in [4.78, 5) is 0. The summed E-state index contributed by atoms with van der Waals surface area (Å²) in [5, 5.41) is 14.5. The second kappa shape index (κ2) is 5.01. The summed E-state index contributed by atoms with van der Waals surface area (Å²) in [7, 11) is 0. The lowest BCUT2D eigenvalue weighted by Gasteiger charge is -2.12. The summed E-state index contributed by atoms with van der Waals surface area (Å²) in [6, 6.07) is 6.39. The molecule has 0 aliphatic rings. The summed E-state index contributed by atoms with van der Waals surface area (Å²) < 4.78 is 15.1. The molecule has 0 saturated heterocycles. The van der Waals surface area contributed by atoms with Gasteiger partial charge >= 0.3 is 0 Å². The maximum Gasteiger partial charge on any atom is 0.173 e. The Labute approximate surface area is 98.6 Å². The van der Waals surface area contributed by atoms with Gasteiger partial charge in [0.1, 0.15) is 11.5 Å². The minimum Gasteiger partial charge on any atom is -0.308 e. The highest BCUT2D eigenvalue weighted by Gasteiger charge is 2.16. The Balaban J connectivity index is 2.40. The molecule has 0 amide bonds. The van der Waals surface area contributed by atoms with Crippen LogP contribution in [0.4, 0.5) is 4.39 Å². The summed E-state index contributed by atoms with van der Waals surface area (Å²) in [5.41, 5.74) is 0.359. The molecule has 0 bridgehead atoms. The van der Waals surface area contributed by atoms with Gasteiger partial charge in [-0.2, -0.15) is 4.68 Å². The fourth-order valence-corrected chi connectivity index (χ4v) is 1.66. The number of para-hydroxylation sites is 1. The van der Waals surface area contributed by atoms with Crippen molar-refractivity contribution >= 4 is 0 Å². The predicted octanol–water partition coefficient (Wildman–Crippen LogP) is 1.47. The molecule has 0 fully saturated rings. The van der Waals surface area contributed by atoms with Crippen LogP contribution in [0.2, 0.25) is 0 Å². The summed E-state index contributed by atoms with van der Waals surface area (Å²) in [6.07, 6.45) is 0. The fraction of sp³-hybridized carbons (Fsp3) is 0.364. The van der Waals surface area contributed by atoms with E-state index in [0.29, 0.717) is 11.5 Å². The van der Waals surface area contributed by atoms with E-state index in [0.717, 1.165) is 6.54 Å². The van der Waals surface area contributed by atoms with Crippen LogP contribution >= 0.6 is 0 Å². The van der Waals surface area contributed by atoms with E-state index in [-0.39, 0.29) is 11.9 Å². The summed E-state index contributed by atoms with van der Waals surface area (Å²) >= 11 is 0. The second-order valence-corrected chi connectivity index (χ2v) is 3.68. The number of halogens is 1. The third-order valence-corrected chi connectivity index (χ3v) is 2.47. The first-order valence-corrected chi connectivity index (χ1v) is 5.50. The minimum atomic E-state index is -0.343. The smallest absolute Gasteiger partial charge is 0.173 e. The van der Waals surface area contributed by atoms with E-state index in [4.69, 9.17) is 0 Å². The molecule has 1 N–H and O–H groups in total. The molecule has 6 heteroatoms. The molecule has 0 saturated carbocycles. The van der Waals surface area contributed by atoms with Gasteiger partial charge in [-0.25, -0.2) is 4.39 Å². The monoisotopic (exact) mass is 235 g/mol. The van der Waals surface area contributed by atoms with Gasteiger partial charge in [-0.05, 0) is 36.0 Å². The Kier molecular flexibility index (Phi) is 3.43. The highest BCUT2D eigenvalue weighted by molar-refractivity contribution is 5.32. The number of hydrogen-bond donors (Lipinski definition) is 1. The molecule has 1 heterocycles. The topological polar surface area (TPSA) is 55.6 Å². The second-order valence-electron chi connectivity index (χ2n) is 3.68. The van der Waals surface area contributed by atoms with Gasteiger partial charge in [0.25, 0.3) is 0 Å². The molecule has 90 valence electrons. The first-order valence-electron chi connectivity index (χ1n) is 5.50. The number of nitrogens with zero attached hydrogens (tertiary/aromatic N) is 4. The van der Waals surface area contributed by atoms with E-state index in [1.54, 1.807) is 18.2 Å². The average molecular weight is 235 g/mol. The quantitative estimate of drug-likeness (QED) is 0.872. The van der Waals surface area contributed by atoms with Crippen molar-refractivity contribution < 1.29 is 4.39 Å². The molecule has 1 aromatic carbocycles. The van der Waals surface area contributed by atoms with Gasteiger partial charge in [0.15, 0.2) is 5.82 Å². The molecule has 2 rings (SSSR count). The molecule has 0 radical (unpaired) electrons. The number of aromatic nitrogens is 4. The van der Waals surface area contributed by atoms with E-state index in [9.17, 15) is 4.39 Å². The standard InChI is InChI=1S/C11H14FN5/c1-3-13-8(2)11-14-15-16-17(11)10-7-5-4-6-9(10)12/h4-8,13H,3H2,1-2H3. The first kappa shape index (κ1) is 11.7. The molecule has 5 nitrogen and oxygen atoms in total. The van der Waals surface area contributed by atoms with Gasteiger partial charge in [-0.1, -0.05) is 19.1 Å². The van der Waals surface area contributed by atoms with Crippen molar-refractivity contribution in [3.8, 4) is 5.69 Å². The van der Waals surface area contributed by atoms with E-state index >= 15 is 0 Å². The Morgan fingerprint density at radius 3 is 2.88 bits per heavy atom. The third-order valence-electron chi connectivity index (χ3n) is 2.47. The molecular weight excluding hydrogens is 221 g/mol. The average Bonchev–Trinajstić information content (AvgIpc) is 2.79. The van der Waals surface area contributed by atoms with Crippen LogP contribution in [0.25, 0.3) is 5.69 Å². The summed E-state index contributed by atoms with van der Waals surface area (Å²) in [6.45, 7) is 4.73. The van der Waals surface area contributed by atoms with Crippen LogP contribution in [0.1, 0.15) is 25.7 Å². The number of benzene rings is 1. The zero-order valence-electron chi connectivity index (χ0n) is 9.76. The first-order chi connectivity index (χ1) is 8.24. The number of nitrogens with one attached hydrogen (secondary N) is 1. The van der Waals surface area contributed by atoms with Crippen molar-refractivity contribution in [1.29, 1.82) is 0 Å². The van der Waals surface area contributed by atoms with Crippen LogP contribution in [-0.2, 0) is 0 Å². The lowest BCUT2D eigenvalue weighted by atomic mass is 10.2. The van der Waals surface area contributed by atoms with E-state index in [1.807, 2.05) is 13.8 Å². The SMILES string of the molecule is CCNC(C)c1nnnn1-c1ccccc1F. The zero-order chi connectivity index (χ0) is 12.3. The van der Waals surface area contributed by atoms with Crippen LogP contribution < -0.4 is 5.32 Å². The van der Waals surface area contributed by atoms with Crippen LogP contribution in [0.5, 0.6) is 0 Å². The molecule has 17 heavy (non-hydrogen) atoms.